The standard InChI is InChI=1S/C18H16ClFN2O3/c19-12-1-5-15(6-2-12)22-10-14(9-18(22)24)21-17(23)11-25-16-7-3-13(20)4-8-16/h1-8,14H,9-11H2,(H,21,23). The third kappa shape index (κ3) is 4.48. The maximum atomic E-state index is 12.8. The highest BCUT2D eigenvalue weighted by atomic mass is 35.5. The van der Waals surface area contributed by atoms with Crippen molar-refractivity contribution in [3.8, 4) is 5.75 Å². The van der Waals surface area contributed by atoms with E-state index < -0.39 is 0 Å². The van der Waals surface area contributed by atoms with E-state index in [1.54, 1.807) is 29.2 Å². The lowest BCUT2D eigenvalue weighted by atomic mass is 10.2. The average Bonchev–Trinajstić information content (AvgIpc) is 2.95. The summed E-state index contributed by atoms with van der Waals surface area (Å²) in [7, 11) is 0. The first-order valence-corrected chi connectivity index (χ1v) is 8.13. The van der Waals surface area contributed by atoms with Crippen LogP contribution in [0.5, 0.6) is 5.75 Å². The van der Waals surface area contributed by atoms with Crippen molar-refractivity contribution in [1.29, 1.82) is 0 Å². The number of nitrogens with one attached hydrogen (secondary N) is 1. The number of ether oxygens (including phenoxy) is 1. The van der Waals surface area contributed by atoms with Crippen LogP contribution < -0.4 is 15.0 Å². The molecule has 5 nitrogen and oxygen atoms in total. The lowest BCUT2D eigenvalue weighted by Crippen LogP contribution is -2.39. The quantitative estimate of drug-likeness (QED) is 0.889. The first kappa shape index (κ1) is 17.2. The largest absolute Gasteiger partial charge is 0.484 e. The van der Waals surface area contributed by atoms with Crippen molar-refractivity contribution in [3.63, 3.8) is 0 Å². The Morgan fingerprint density at radius 2 is 1.88 bits per heavy atom. The molecule has 1 N–H and O–H groups in total. The zero-order valence-electron chi connectivity index (χ0n) is 13.2. The molecule has 2 aromatic carbocycles. The van der Waals surface area contributed by atoms with Gasteiger partial charge in [-0.25, -0.2) is 4.39 Å². The van der Waals surface area contributed by atoms with Crippen molar-refractivity contribution in [2.75, 3.05) is 18.1 Å². The summed E-state index contributed by atoms with van der Waals surface area (Å²) in [6.45, 7) is 0.194. The van der Waals surface area contributed by atoms with Gasteiger partial charge in [-0.2, -0.15) is 0 Å². The van der Waals surface area contributed by atoms with Crippen LogP contribution in [-0.2, 0) is 9.59 Å². The van der Waals surface area contributed by atoms with Gasteiger partial charge >= 0.3 is 0 Å². The molecule has 2 aromatic rings. The molecule has 1 saturated heterocycles. The lowest BCUT2D eigenvalue weighted by molar-refractivity contribution is -0.123. The Morgan fingerprint density at radius 1 is 1.20 bits per heavy atom. The maximum Gasteiger partial charge on any atom is 0.258 e. The van der Waals surface area contributed by atoms with Gasteiger partial charge in [0.05, 0.1) is 6.04 Å². The number of rotatable bonds is 5. The Kier molecular flexibility index (Phi) is 5.19. The second kappa shape index (κ2) is 7.53. The number of anilines is 1. The van der Waals surface area contributed by atoms with Gasteiger partial charge in [0.25, 0.3) is 5.91 Å². The fourth-order valence-electron chi connectivity index (χ4n) is 2.62. The summed E-state index contributed by atoms with van der Waals surface area (Å²) < 4.78 is 18.1. The van der Waals surface area contributed by atoms with Crippen molar-refractivity contribution in [1.82, 2.24) is 5.32 Å². The van der Waals surface area contributed by atoms with Crippen LogP contribution in [0.25, 0.3) is 0 Å². The molecule has 0 aliphatic carbocycles. The molecule has 1 aliphatic heterocycles. The first-order chi connectivity index (χ1) is 12.0. The molecule has 2 amide bonds. The highest BCUT2D eigenvalue weighted by Crippen LogP contribution is 2.23. The normalized spacial score (nSPS) is 16.8. The smallest absolute Gasteiger partial charge is 0.258 e. The fourth-order valence-corrected chi connectivity index (χ4v) is 2.75. The zero-order chi connectivity index (χ0) is 17.8. The molecule has 1 atom stereocenters. The molecule has 130 valence electrons. The molecule has 1 unspecified atom stereocenters. The van der Waals surface area contributed by atoms with Gasteiger partial charge in [0, 0.05) is 23.7 Å². The predicted octanol–water partition coefficient (Wildman–Crippen LogP) is 2.78. The van der Waals surface area contributed by atoms with Gasteiger partial charge < -0.3 is 15.0 Å². The first-order valence-electron chi connectivity index (χ1n) is 7.75. The van der Waals surface area contributed by atoms with Gasteiger partial charge in [-0.1, -0.05) is 11.6 Å². The Hall–Kier alpha value is -2.60. The second-order valence-corrected chi connectivity index (χ2v) is 6.13. The second-order valence-electron chi connectivity index (χ2n) is 5.69. The van der Waals surface area contributed by atoms with E-state index in [-0.39, 0.29) is 36.7 Å². The van der Waals surface area contributed by atoms with E-state index in [2.05, 4.69) is 5.32 Å². The molecule has 0 aromatic heterocycles. The molecule has 1 heterocycles. The Morgan fingerprint density at radius 3 is 2.56 bits per heavy atom. The molecule has 0 spiro atoms. The summed E-state index contributed by atoms with van der Waals surface area (Å²) >= 11 is 5.85. The van der Waals surface area contributed by atoms with Gasteiger partial charge in [0.2, 0.25) is 5.91 Å². The van der Waals surface area contributed by atoms with E-state index in [0.717, 1.165) is 5.69 Å². The number of hydrogen-bond donors (Lipinski definition) is 1. The molecule has 3 rings (SSSR count). The summed E-state index contributed by atoms with van der Waals surface area (Å²) in [4.78, 5) is 25.7. The number of hydrogen-bond acceptors (Lipinski definition) is 3. The monoisotopic (exact) mass is 362 g/mol. The molecule has 25 heavy (non-hydrogen) atoms. The molecule has 1 aliphatic rings. The molecule has 0 bridgehead atoms. The van der Waals surface area contributed by atoms with Crippen molar-refractivity contribution in [3.05, 3.63) is 59.4 Å². The maximum absolute atomic E-state index is 12.8. The number of benzene rings is 2. The van der Waals surface area contributed by atoms with E-state index in [1.807, 2.05) is 0 Å². The van der Waals surface area contributed by atoms with Crippen molar-refractivity contribution >= 4 is 29.1 Å². The van der Waals surface area contributed by atoms with Crippen LogP contribution in [0.1, 0.15) is 6.42 Å². The highest BCUT2D eigenvalue weighted by Gasteiger charge is 2.31. The number of nitrogens with zero attached hydrogens (tertiary/aromatic N) is 1. The summed E-state index contributed by atoms with van der Waals surface area (Å²) in [5.74, 6) is -0.363. The Bertz CT molecular complexity index is 765. The summed E-state index contributed by atoms with van der Waals surface area (Å²) in [5.41, 5.74) is 0.744. The van der Waals surface area contributed by atoms with Crippen LogP contribution in [0.2, 0.25) is 5.02 Å². The van der Waals surface area contributed by atoms with Crippen LogP contribution in [0, 0.1) is 5.82 Å². The van der Waals surface area contributed by atoms with Gasteiger partial charge in [0.1, 0.15) is 11.6 Å². The Labute approximate surface area is 149 Å². The summed E-state index contributed by atoms with van der Waals surface area (Å²) in [6, 6.07) is 12.1. The number of carbonyl (C=O) groups is 2. The van der Waals surface area contributed by atoms with Gasteiger partial charge in [-0.15, -0.1) is 0 Å². The predicted molar refractivity (Wildman–Crippen MR) is 92.2 cm³/mol. The average molecular weight is 363 g/mol. The van der Waals surface area contributed by atoms with Crippen molar-refractivity contribution in [2.24, 2.45) is 0 Å². The summed E-state index contributed by atoms with van der Waals surface area (Å²) in [6.07, 6.45) is 0.227. The molecular formula is C18H16ClFN2O3. The third-order valence-electron chi connectivity index (χ3n) is 3.81. The van der Waals surface area contributed by atoms with Gasteiger partial charge in [0.15, 0.2) is 6.61 Å². The number of amides is 2. The molecule has 0 saturated carbocycles. The van der Waals surface area contributed by atoms with Gasteiger partial charge in [-0.05, 0) is 48.5 Å². The lowest BCUT2D eigenvalue weighted by Gasteiger charge is -2.17. The minimum absolute atomic E-state index is 0.0629. The van der Waals surface area contributed by atoms with E-state index in [9.17, 15) is 14.0 Å². The van der Waals surface area contributed by atoms with Crippen molar-refractivity contribution < 1.29 is 18.7 Å². The van der Waals surface area contributed by atoms with Crippen LogP contribution >= 0.6 is 11.6 Å². The highest BCUT2D eigenvalue weighted by molar-refractivity contribution is 6.30. The van der Waals surface area contributed by atoms with Gasteiger partial charge in [-0.3, -0.25) is 9.59 Å². The Balaban J connectivity index is 1.51. The third-order valence-corrected chi connectivity index (χ3v) is 4.06. The minimum atomic E-state index is -0.372. The SMILES string of the molecule is O=C(COc1ccc(F)cc1)NC1CC(=O)N(c2ccc(Cl)cc2)C1. The van der Waals surface area contributed by atoms with E-state index >= 15 is 0 Å². The van der Waals surface area contributed by atoms with E-state index in [0.29, 0.717) is 17.3 Å². The number of halogens is 2. The van der Waals surface area contributed by atoms with Crippen LogP contribution in [0.3, 0.4) is 0 Å². The van der Waals surface area contributed by atoms with Crippen LogP contribution in [0.4, 0.5) is 10.1 Å². The number of carbonyl (C=O) groups excluding carboxylic acids is 2. The van der Waals surface area contributed by atoms with Crippen LogP contribution in [0.15, 0.2) is 48.5 Å². The van der Waals surface area contributed by atoms with E-state index in [4.69, 9.17) is 16.3 Å². The molecule has 7 heteroatoms. The molecule has 1 fully saturated rings. The van der Waals surface area contributed by atoms with Crippen LogP contribution in [-0.4, -0.2) is 31.0 Å². The fraction of sp³-hybridized carbons (Fsp3) is 0.222. The topological polar surface area (TPSA) is 58.6 Å². The molecular weight excluding hydrogens is 347 g/mol. The zero-order valence-corrected chi connectivity index (χ0v) is 14.0. The van der Waals surface area contributed by atoms with Crippen molar-refractivity contribution in [2.45, 2.75) is 12.5 Å². The van der Waals surface area contributed by atoms with E-state index in [1.165, 1.54) is 24.3 Å². The summed E-state index contributed by atoms with van der Waals surface area (Å²) in [5, 5.41) is 3.37. The minimum Gasteiger partial charge on any atom is -0.484 e. The molecule has 0 radical (unpaired) electrons.